The summed E-state index contributed by atoms with van der Waals surface area (Å²) in [6, 6.07) is 8.08. The van der Waals surface area contributed by atoms with E-state index in [1.807, 2.05) is 0 Å². The molecule has 10 nitrogen and oxygen atoms in total. The number of carbonyl (C=O) groups is 1. The maximum absolute atomic E-state index is 12.7. The number of nitrogens with zero attached hydrogens (tertiary/aromatic N) is 4. The van der Waals surface area contributed by atoms with Crippen molar-refractivity contribution in [1.29, 1.82) is 0 Å². The minimum absolute atomic E-state index is 0.0121. The third kappa shape index (κ3) is 5.64. The van der Waals surface area contributed by atoms with Gasteiger partial charge in [0, 0.05) is 6.20 Å². The van der Waals surface area contributed by atoms with Crippen molar-refractivity contribution in [3.63, 3.8) is 0 Å². The first-order chi connectivity index (χ1) is 14.7. The summed E-state index contributed by atoms with van der Waals surface area (Å²) in [5.74, 6) is -0.670. The van der Waals surface area contributed by atoms with Crippen LogP contribution in [-0.4, -0.2) is 34.1 Å². The monoisotopic (exact) mass is 482 g/mol. The highest BCUT2D eigenvalue weighted by Gasteiger charge is 2.20. The van der Waals surface area contributed by atoms with E-state index in [1.165, 1.54) is 12.1 Å². The van der Waals surface area contributed by atoms with Gasteiger partial charge in [-0.15, -0.1) is 0 Å². The SMILES string of the molecule is Cc1ccc(NC(=O)Cn2ncc(Cl)c(Cl)c2=O)nc1S(=O)(=O)NCc1ccccn1. The number of carbonyl (C=O) groups excluding carboxylic acids is 1. The van der Waals surface area contributed by atoms with Gasteiger partial charge in [-0.1, -0.05) is 35.3 Å². The number of anilines is 1. The number of halogens is 2. The van der Waals surface area contributed by atoms with Crippen molar-refractivity contribution >= 4 is 45.0 Å². The summed E-state index contributed by atoms with van der Waals surface area (Å²) in [6.45, 7) is 1.09. The number of rotatable bonds is 7. The first kappa shape index (κ1) is 22.8. The average molecular weight is 483 g/mol. The van der Waals surface area contributed by atoms with Crippen molar-refractivity contribution in [1.82, 2.24) is 24.5 Å². The van der Waals surface area contributed by atoms with Crippen LogP contribution < -0.4 is 15.6 Å². The molecule has 3 aromatic heterocycles. The molecule has 162 valence electrons. The van der Waals surface area contributed by atoms with Gasteiger partial charge in [-0.2, -0.15) is 5.10 Å². The second-order valence-electron chi connectivity index (χ2n) is 6.28. The Bertz CT molecular complexity index is 1280. The van der Waals surface area contributed by atoms with Crippen LogP contribution >= 0.6 is 23.2 Å². The molecule has 3 rings (SSSR count). The number of pyridine rings is 2. The van der Waals surface area contributed by atoms with Crippen LogP contribution in [0.3, 0.4) is 0 Å². The molecule has 0 aromatic carbocycles. The zero-order chi connectivity index (χ0) is 22.6. The van der Waals surface area contributed by atoms with Crippen LogP contribution in [0.15, 0.2) is 52.5 Å². The van der Waals surface area contributed by atoms with Crippen molar-refractivity contribution < 1.29 is 13.2 Å². The van der Waals surface area contributed by atoms with E-state index in [4.69, 9.17) is 23.2 Å². The minimum Gasteiger partial charge on any atom is -0.309 e. The largest absolute Gasteiger partial charge is 0.309 e. The van der Waals surface area contributed by atoms with Gasteiger partial charge < -0.3 is 5.32 Å². The van der Waals surface area contributed by atoms with E-state index in [9.17, 15) is 18.0 Å². The molecule has 0 aliphatic carbocycles. The Morgan fingerprint density at radius 1 is 1.19 bits per heavy atom. The number of hydrogen-bond donors (Lipinski definition) is 2. The fourth-order valence-corrected chi connectivity index (χ4v) is 3.92. The maximum atomic E-state index is 12.7. The lowest BCUT2D eigenvalue weighted by molar-refractivity contribution is -0.117. The van der Waals surface area contributed by atoms with Gasteiger partial charge in [-0.25, -0.2) is 22.8 Å². The first-order valence-corrected chi connectivity index (χ1v) is 11.0. The van der Waals surface area contributed by atoms with Crippen molar-refractivity contribution in [2.75, 3.05) is 5.32 Å². The second-order valence-corrected chi connectivity index (χ2v) is 8.75. The van der Waals surface area contributed by atoms with E-state index in [-0.39, 0.29) is 27.4 Å². The molecule has 0 atom stereocenters. The Balaban J connectivity index is 1.75. The molecule has 3 aromatic rings. The Labute approximate surface area is 187 Å². The Hall–Kier alpha value is -2.86. The van der Waals surface area contributed by atoms with E-state index in [2.05, 4.69) is 25.1 Å². The molecular weight excluding hydrogens is 467 g/mol. The van der Waals surface area contributed by atoms with E-state index < -0.39 is 28.0 Å². The van der Waals surface area contributed by atoms with E-state index >= 15 is 0 Å². The fraction of sp³-hybridized carbons (Fsp3) is 0.167. The Morgan fingerprint density at radius 2 is 1.97 bits per heavy atom. The van der Waals surface area contributed by atoms with E-state index in [0.717, 1.165) is 10.9 Å². The molecule has 1 amide bonds. The zero-order valence-electron chi connectivity index (χ0n) is 16.0. The van der Waals surface area contributed by atoms with Crippen LogP contribution in [0.1, 0.15) is 11.3 Å². The first-order valence-electron chi connectivity index (χ1n) is 8.75. The molecule has 0 saturated heterocycles. The van der Waals surface area contributed by atoms with Gasteiger partial charge in [-0.3, -0.25) is 14.6 Å². The summed E-state index contributed by atoms with van der Waals surface area (Å²) in [5, 5.41) is 5.64. The molecule has 0 saturated carbocycles. The highest BCUT2D eigenvalue weighted by Crippen LogP contribution is 2.17. The van der Waals surface area contributed by atoms with E-state index in [0.29, 0.717) is 11.3 Å². The summed E-state index contributed by atoms with van der Waals surface area (Å²) in [5.41, 5.74) is 0.185. The van der Waals surface area contributed by atoms with Gasteiger partial charge in [0.05, 0.1) is 23.5 Å². The lowest BCUT2D eigenvalue weighted by Crippen LogP contribution is -2.30. The fourth-order valence-electron chi connectivity index (χ4n) is 2.47. The van der Waals surface area contributed by atoms with E-state index in [1.54, 1.807) is 31.3 Å². The molecule has 13 heteroatoms. The van der Waals surface area contributed by atoms with Crippen molar-refractivity contribution in [2.24, 2.45) is 0 Å². The number of amides is 1. The number of sulfonamides is 1. The van der Waals surface area contributed by atoms with Crippen LogP contribution in [0, 0.1) is 6.92 Å². The normalized spacial score (nSPS) is 11.3. The highest BCUT2D eigenvalue weighted by molar-refractivity contribution is 7.89. The van der Waals surface area contributed by atoms with Crippen LogP contribution in [0.25, 0.3) is 0 Å². The molecule has 31 heavy (non-hydrogen) atoms. The maximum Gasteiger partial charge on any atom is 0.287 e. The summed E-state index contributed by atoms with van der Waals surface area (Å²) in [7, 11) is -3.98. The zero-order valence-corrected chi connectivity index (χ0v) is 18.4. The molecule has 2 N–H and O–H groups in total. The highest BCUT2D eigenvalue weighted by atomic mass is 35.5. The molecule has 0 aliphatic rings. The number of nitrogens with one attached hydrogen (secondary N) is 2. The quantitative estimate of drug-likeness (QED) is 0.523. The van der Waals surface area contributed by atoms with Crippen LogP contribution in [-0.2, 0) is 27.9 Å². The third-order valence-electron chi connectivity index (χ3n) is 3.98. The summed E-state index contributed by atoms with van der Waals surface area (Å²) >= 11 is 11.5. The summed E-state index contributed by atoms with van der Waals surface area (Å²) in [4.78, 5) is 32.4. The predicted molar refractivity (Wildman–Crippen MR) is 114 cm³/mol. The van der Waals surface area contributed by atoms with Crippen molar-refractivity contribution in [2.45, 2.75) is 25.0 Å². The molecule has 0 aliphatic heterocycles. The lowest BCUT2D eigenvalue weighted by atomic mass is 10.3. The number of aromatic nitrogens is 4. The third-order valence-corrected chi connectivity index (χ3v) is 6.17. The van der Waals surface area contributed by atoms with Gasteiger partial charge in [0.25, 0.3) is 15.6 Å². The number of aryl methyl sites for hydroxylation is 1. The van der Waals surface area contributed by atoms with Crippen LogP contribution in [0.4, 0.5) is 5.82 Å². The van der Waals surface area contributed by atoms with Gasteiger partial charge >= 0.3 is 0 Å². The molecular formula is C18H16Cl2N6O4S. The second kappa shape index (κ2) is 9.52. The van der Waals surface area contributed by atoms with Gasteiger partial charge in [0.15, 0.2) is 5.03 Å². The van der Waals surface area contributed by atoms with Gasteiger partial charge in [0.2, 0.25) is 5.91 Å². The lowest BCUT2D eigenvalue weighted by Gasteiger charge is -2.11. The van der Waals surface area contributed by atoms with Crippen LogP contribution in [0.5, 0.6) is 0 Å². The van der Waals surface area contributed by atoms with Gasteiger partial charge in [-0.05, 0) is 30.7 Å². The summed E-state index contributed by atoms with van der Waals surface area (Å²) < 4.78 is 28.6. The smallest absolute Gasteiger partial charge is 0.287 e. The molecule has 0 bridgehead atoms. The van der Waals surface area contributed by atoms with Crippen LogP contribution in [0.2, 0.25) is 10.0 Å². The average Bonchev–Trinajstić information content (AvgIpc) is 2.75. The minimum atomic E-state index is -3.98. The van der Waals surface area contributed by atoms with Crippen molar-refractivity contribution in [3.05, 3.63) is 74.4 Å². The molecule has 3 heterocycles. The molecule has 0 fully saturated rings. The topological polar surface area (TPSA) is 136 Å². The molecule has 0 radical (unpaired) electrons. The summed E-state index contributed by atoms with van der Waals surface area (Å²) in [6.07, 6.45) is 2.69. The number of hydrogen-bond acceptors (Lipinski definition) is 7. The Morgan fingerprint density at radius 3 is 2.68 bits per heavy atom. The predicted octanol–water partition coefficient (Wildman–Crippen LogP) is 1.77. The molecule has 0 spiro atoms. The van der Waals surface area contributed by atoms with Crippen molar-refractivity contribution in [3.8, 4) is 0 Å². The standard InChI is InChI=1S/C18H16Cl2N6O4S/c1-11-5-6-14(24-15(27)10-26-18(28)16(20)13(19)9-22-26)25-17(11)31(29,30)23-8-12-4-2-3-7-21-12/h2-7,9,23H,8,10H2,1H3,(H,24,25,27). The molecule has 0 unspecified atom stereocenters. The van der Waals surface area contributed by atoms with Gasteiger partial charge in [0.1, 0.15) is 17.4 Å². The Kier molecular flexibility index (Phi) is 7.01.